The molecular formula is C21H20N4O4. The van der Waals surface area contributed by atoms with Crippen LogP contribution >= 0.6 is 0 Å². The Kier molecular flexibility index (Phi) is 5.24. The van der Waals surface area contributed by atoms with Crippen molar-refractivity contribution >= 4 is 17.4 Å². The van der Waals surface area contributed by atoms with Crippen molar-refractivity contribution in [3.05, 3.63) is 60.0 Å². The lowest BCUT2D eigenvalue weighted by Crippen LogP contribution is -2.12. The molecule has 1 aliphatic heterocycles. The number of rotatable bonds is 6. The first-order valence-electron chi connectivity index (χ1n) is 9.18. The lowest BCUT2D eigenvalue weighted by atomic mass is 10.2. The largest absolute Gasteiger partial charge is 0.497 e. The summed E-state index contributed by atoms with van der Waals surface area (Å²) >= 11 is 0. The van der Waals surface area contributed by atoms with Gasteiger partial charge >= 0.3 is 5.97 Å². The topological polar surface area (TPSA) is 90.1 Å². The molecule has 3 aromatic rings. The van der Waals surface area contributed by atoms with Gasteiger partial charge in [-0.1, -0.05) is 17.3 Å². The van der Waals surface area contributed by atoms with E-state index in [0.717, 1.165) is 29.9 Å². The number of benzene rings is 2. The number of nitrogens with zero attached hydrogens (tertiary/aromatic N) is 4. The quantitative estimate of drug-likeness (QED) is 0.591. The van der Waals surface area contributed by atoms with Crippen molar-refractivity contribution in [2.45, 2.75) is 20.0 Å². The molecular weight excluding hydrogens is 372 g/mol. The Labute approximate surface area is 167 Å². The standard InChI is InChI=1S/C21H20N4O4/c1-14-10-11-25(23-14)17-8-6-15(7-9-17)21(26)28-13-19-22-20(24-29-19)16-4-3-5-18(12-16)27-2/h3-9,12H,10-11,13H2,1-2H3. The number of methoxy groups -OCH3 is 1. The van der Waals surface area contributed by atoms with Crippen LogP contribution in [0.5, 0.6) is 5.75 Å². The number of carbonyl (C=O) groups is 1. The number of ether oxygens (including phenoxy) is 2. The number of aromatic nitrogens is 2. The third-order valence-corrected chi connectivity index (χ3v) is 4.50. The average Bonchev–Trinajstić information content (AvgIpc) is 3.41. The molecule has 0 fully saturated rings. The van der Waals surface area contributed by atoms with Crippen LogP contribution in [0.2, 0.25) is 0 Å². The lowest BCUT2D eigenvalue weighted by molar-refractivity contribution is 0.0430. The molecule has 0 unspecified atom stereocenters. The molecule has 29 heavy (non-hydrogen) atoms. The van der Waals surface area contributed by atoms with E-state index in [1.165, 1.54) is 0 Å². The molecule has 0 saturated carbocycles. The number of carbonyl (C=O) groups excluding carboxylic acids is 1. The fraction of sp³-hybridized carbons (Fsp3) is 0.238. The van der Waals surface area contributed by atoms with E-state index in [-0.39, 0.29) is 12.5 Å². The zero-order valence-corrected chi connectivity index (χ0v) is 16.2. The molecule has 0 spiro atoms. The van der Waals surface area contributed by atoms with Crippen molar-refractivity contribution in [1.82, 2.24) is 10.1 Å². The van der Waals surface area contributed by atoms with Crippen LogP contribution in [0.1, 0.15) is 29.6 Å². The maximum absolute atomic E-state index is 12.3. The number of esters is 1. The van der Waals surface area contributed by atoms with Gasteiger partial charge in [0.15, 0.2) is 6.61 Å². The molecule has 0 radical (unpaired) electrons. The Morgan fingerprint density at radius 3 is 2.76 bits per heavy atom. The predicted molar refractivity (Wildman–Crippen MR) is 107 cm³/mol. The highest BCUT2D eigenvalue weighted by Gasteiger charge is 2.15. The zero-order chi connectivity index (χ0) is 20.2. The lowest BCUT2D eigenvalue weighted by Gasteiger charge is -2.13. The van der Waals surface area contributed by atoms with Gasteiger partial charge in [0.1, 0.15) is 5.75 Å². The number of hydrogen-bond donors (Lipinski definition) is 0. The van der Waals surface area contributed by atoms with Crippen LogP contribution in [-0.4, -0.2) is 35.5 Å². The minimum absolute atomic E-state index is 0.104. The number of hydrazone groups is 1. The van der Waals surface area contributed by atoms with Gasteiger partial charge in [0.05, 0.1) is 18.4 Å². The van der Waals surface area contributed by atoms with Crippen LogP contribution in [0.25, 0.3) is 11.4 Å². The Hall–Kier alpha value is -3.68. The molecule has 148 valence electrons. The van der Waals surface area contributed by atoms with Gasteiger partial charge in [-0.3, -0.25) is 5.01 Å². The first kappa shape index (κ1) is 18.7. The van der Waals surface area contributed by atoms with Gasteiger partial charge in [0.25, 0.3) is 5.89 Å². The van der Waals surface area contributed by atoms with Crippen LogP contribution in [0.3, 0.4) is 0 Å². The molecule has 2 heterocycles. The van der Waals surface area contributed by atoms with E-state index in [1.807, 2.05) is 42.3 Å². The summed E-state index contributed by atoms with van der Waals surface area (Å²) < 4.78 is 15.7. The van der Waals surface area contributed by atoms with Crippen molar-refractivity contribution in [2.75, 3.05) is 18.7 Å². The second-order valence-electron chi connectivity index (χ2n) is 6.58. The molecule has 0 saturated heterocycles. The molecule has 2 aromatic carbocycles. The summed E-state index contributed by atoms with van der Waals surface area (Å²) in [5, 5.41) is 10.3. The minimum atomic E-state index is -0.459. The maximum atomic E-state index is 12.3. The van der Waals surface area contributed by atoms with Gasteiger partial charge < -0.3 is 14.0 Å². The van der Waals surface area contributed by atoms with Gasteiger partial charge in [-0.05, 0) is 43.3 Å². The van der Waals surface area contributed by atoms with Crippen molar-refractivity contribution in [3.8, 4) is 17.1 Å². The molecule has 0 amide bonds. The summed E-state index contributed by atoms with van der Waals surface area (Å²) in [5.41, 5.74) is 3.24. The normalized spacial score (nSPS) is 13.3. The van der Waals surface area contributed by atoms with Crippen LogP contribution in [0.4, 0.5) is 5.69 Å². The molecule has 0 bridgehead atoms. The van der Waals surface area contributed by atoms with Gasteiger partial charge in [0.2, 0.25) is 5.82 Å². The zero-order valence-electron chi connectivity index (χ0n) is 16.2. The predicted octanol–water partition coefficient (Wildman–Crippen LogP) is 3.69. The summed E-state index contributed by atoms with van der Waals surface area (Å²) in [4.78, 5) is 16.6. The highest BCUT2D eigenvalue weighted by Crippen LogP contribution is 2.22. The second kappa shape index (κ2) is 8.14. The number of anilines is 1. The SMILES string of the molecule is COc1cccc(-c2noc(COC(=O)c3ccc(N4CCC(C)=N4)cc3)n2)c1. The second-order valence-corrected chi connectivity index (χ2v) is 6.58. The van der Waals surface area contributed by atoms with Crippen molar-refractivity contribution < 1.29 is 18.8 Å². The van der Waals surface area contributed by atoms with Gasteiger partial charge in [0, 0.05) is 24.2 Å². The third kappa shape index (κ3) is 4.26. The van der Waals surface area contributed by atoms with Crippen molar-refractivity contribution in [1.29, 1.82) is 0 Å². The molecule has 8 nitrogen and oxygen atoms in total. The highest BCUT2D eigenvalue weighted by molar-refractivity contribution is 5.90. The van der Waals surface area contributed by atoms with Gasteiger partial charge in [-0.15, -0.1) is 0 Å². The van der Waals surface area contributed by atoms with E-state index >= 15 is 0 Å². The van der Waals surface area contributed by atoms with E-state index in [1.54, 1.807) is 25.3 Å². The van der Waals surface area contributed by atoms with Crippen LogP contribution in [0, 0.1) is 0 Å². The van der Waals surface area contributed by atoms with E-state index in [0.29, 0.717) is 17.1 Å². The van der Waals surface area contributed by atoms with E-state index in [9.17, 15) is 4.79 Å². The summed E-state index contributed by atoms with van der Waals surface area (Å²) in [6.45, 7) is 2.75. The first-order valence-corrected chi connectivity index (χ1v) is 9.18. The molecule has 4 rings (SSSR count). The fourth-order valence-corrected chi connectivity index (χ4v) is 2.93. The molecule has 0 atom stereocenters. The molecule has 8 heteroatoms. The number of hydrogen-bond acceptors (Lipinski definition) is 8. The fourth-order valence-electron chi connectivity index (χ4n) is 2.93. The van der Waals surface area contributed by atoms with Crippen LogP contribution in [0.15, 0.2) is 58.2 Å². The average molecular weight is 392 g/mol. The highest BCUT2D eigenvalue weighted by atomic mass is 16.6. The van der Waals surface area contributed by atoms with Crippen LogP contribution < -0.4 is 9.75 Å². The summed E-state index contributed by atoms with van der Waals surface area (Å²) in [6.07, 6.45) is 0.950. The van der Waals surface area contributed by atoms with E-state index < -0.39 is 5.97 Å². The summed E-state index contributed by atoms with van der Waals surface area (Å²) in [7, 11) is 1.59. The van der Waals surface area contributed by atoms with Gasteiger partial charge in [-0.2, -0.15) is 10.1 Å². The Morgan fingerprint density at radius 2 is 2.03 bits per heavy atom. The molecule has 0 aliphatic carbocycles. The van der Waals surface area contributed by atoms with E-state index in [4.69, 9.17) is 14.0 Å². The minimum Gasteiger partial charge on any atom is -0.497 e. The summed E-state index contributed by atoms with van der Waals surface area (Å²) in [5.74, 6) is 0.854. The van der Waals surface area contributed by atoms with E-state index in [2.05, 4.69) is 15.2 Å². The summed E-state index contributed by atoms with van der Waals surface area (Å²) in [6, 6.07) is 14.5. The Bertz CT molecular complexity index is 1040. The van der Waals surface area contributed by atoms with Crippen LogP contribution in [-0.2, 0) is 11.3 Å². The maximum Gasteiger partial charge on any atom is 0.338 e. The smallest absolute Gasteiger partial charge is 0.338 e. The Balaban J connectivity index is 1.37. The van der Waals surface area contributed by atoms with Crippen molar-refractivity contribution in [3.63, 3.8) is 0 Å². The van der Waals surface area contributed by atoms with Crippen molar-refractivity contribution in [2.24, 2.45) is 5.10 Å². The third-order valence-electron chi connectivity index (χ3n) is 4.50. The van der Waals surface area contributed by atoms with Gasteiger partial charge in [-0.25, -0.2) is 4.79 Å². The monoisotopic (exact) mass is 392 g/mol. The molecule has 1 aliphatic rings. The molecule has 0 N–H and O–H groups in total. The first-order chi connectivity index (χ1) is 14.1. The molecule has 1 aromatic heterocycles. The Morgan fingerprint density at radius 1 is 1.21 bits per heavy atom.